The molecule has 20 heavy (non-hydrogen) atoms. The summed E-state index contributed by atoms with van der Waals surface area (Å²) < 4.78 is 4.85. The first-order chi connectivity index (χ1) is 9.57. The zero-order chi connectivity index (χ0) is 14.6. The molecule has 1 saturated carbocycles. The predicted octanol–water partition coefficient (Wildman–Crippen LogP) is 2.38. The van der Waals surface area contributed by atoms with Gasteiger partial charge in [-0.1, -0.05) is 12.8 Å². The summed E-state index contributed by atoms with van der Waals surface area (Å²) in [6.07, 6.45) is 4.17. The SMILES string of the molecule is COCC(=O)NCC1(c2ccc([C@H](C)O)s2)CCCC1. The van der Waals surface area contributed by atoms with Gasteiger partial charge in [0.25, 0.3) is 0 Å². The van der Waals surface area contributed by atoms with Crippen molar-refractivity contribution in [3.8, 4) is 0 Å². The molecule has 0 saturated heterocycles. The van der Waals surface area contributed by atoms with Crippen molar-refractivity contribution in [3.05, 3.63) is 21.9 Å². The van der Waals surface area contributed by atoms with E-state index in [1.165, 1.54) is 24.8 Å². The molecule has 0 aromatic carbocycles. The Morgan fingerprint density at radius 2 is 2.20 bits per heavy atom. The lowest BCUT2D eigenvalue weighted by molar-refractivity contribution is -0.125. The van der Waals surface area contributed by atoms with E-state index in [2.05, 4.69) is 11.4 Å². The molecule has 5 heteroatoms. The maximum Gasteiger partial charge on any atom is 0.246 e. The molecule has 2 N–H and O–H groups in total. The highest BCUT2D eigenvalue weighted by molar-refractivity contribution is 7.12. The van der Waals surface area contributed by atoms with Gasteiger partial charge in [-0.3, -0.25) is 4.79 Å². The van der Waals surface area contributed by atoms with Crippen LogP contribution in [0.3, 0.4) is 0 Å². The van der Waals surface area contributed by atoms with Crippen LogP contribution in [-0.4, -0.2) is 31.3 Å². The Balaban J connectivity index is 2.10. The quantitative estimate of drug-likeness (QED) is 0.847. The van der Waals surface area contributed by atoms with Gasteiger partial charge in [-0.15, -0.1) is 11.3 Å². The van der Waals surface area contributed by atoms with Crippen LogP contribution in [0.5, 0.6) is 0 Å². The van der Waals surface area contributed by atoms with E-state index in [4.69, 9.17) is 4.74 Å². The Labute approximate surface area is 124 Å². The molecule has 112 valence electrons. The van der Waals surface area contributed by atoms with Gasteiger partial charge < -0.3 is 15.2 Å². The summed E-state index contributed by atoms with van der Waals surface area (Å²) in [6, 6.07) is 4.11. The average Bonchev–Trinajstić information content (AvgIpc) is 3.06. The van der Waals surface area contributed by atoms with Crippen molar-refractivity contribution in [2.24, 2.45) is 0 Å². The highest BCUT2D eigenvalue weighted by atomic mass is 32.1. The first kappa shape index (κ1) is 15.5. The molecule has 0 spiro atoms. The zero-order valence-electron chi connectivity index (χ0n) is 12.1. The van der Waals surface area contributed by atoms with Crippen LogP contribution in [0.15, 0.2) is 12.1 Å². The molecule has 0 aliphatic heterocycles. The normalized spacial score (nSPS) is 18.9. The standard InChI is InChI=1S/C15H23NO3S/c1-11(17)12-5-6-13(20-12)15(7-3-4-8-15)10-16-14(18)9-19-2/h5-6,11,17H,3-4,7-10H2,1-2H3,(H,16,18)/t11-/m0/s1. The fourth-order valence-electron chi connectivity index (χ4n) is 2.87. The monoisotopic (exact) mass is 297 g/mol. The van der Waals surface area contributed by atoms with Crippen LogP contribution >= 0.6 is 11.3 Å². The summed E-state index contributed by atoms with van der Waals surface area (Å²) in [6.45, 7) is 2.56. The third-order valence-electron chi connectivity index (χ3n) is 4.02. The molecule has 2 rings (SSSR count). The molecule has 0 unspecified atom stereocenters. The van der Waals surface area contributed by atoms with Gasteiger partial charge in [-0.2, -0.15) is 0 Å². The summed E-state index contributed by atoms with van der Waals surface area (Å²) in [5, 5.41) is 12.7. The molecule has 1 amide bonds. The second kappa shape index (κ2) is 6.70. The van der Waals surface area contributed by atoms with Crippen molar-refractivity contribution in [1.29, 1.82) is 0 Å². The summed E-state index contributed by atoms with van der Waals surface area (Å²) in [5.74, 6) is -0.0638. The van der Waals surface area contributed by atoms with E-state index >= 15 is 0 Å². The Hall–Kier alpha value is -0.910. The zero-order valence-corrected chi connectivity index (χ0v) is 13.0. The van der Waals surface area contributed by atoms with E-state index in [1.807, 2.05) is 6.07 Å². The number of carbonyl (C=O) groups excluding carboxylic acids is 1. The van der Waals surface area contributed by atoms with Crippen LogP contribution in [-0.2, 0) is 14.9 Å². The Bertz CT molecular complexity index is 450. The molecular formula is C15H23NO3S. The number of hydrogen-bond acceptors (Lipinski definition) is 4. The third-order valence-corrected chi connectivity index (χ3v) is 5.52. The summed E-state index contributed by atoms with van der Waals surface area (Å²) in [4.78, 5) is 13.9. The first-order valence-electron chi connectivity index (χ1n) is 7.11. The topological polar surface area (TPSA) is 58.6 Å². The van der Waals surface area contributed by atoms with Crippen molar-refractivity contribution in [2.45, 2.75) is 44.1 Å². The lowest BCUT2D eigenvalue weighted by Gasteiger charge is -2.28. The van der Waals surface area contributed by atoms with Crippen molar-refractivity contribution >= 4 is 17.2 Å². The minimum absolute atomic E-state index is 0.0429. The molecule has 1 aromatic heterocycles. The molecule has 1 aromatic rings. The molecule has 1 aliphatic rings. The van der Waals surface area contributed by atoms with Gasteiger partial charge in [0.15, 0.2) is 0 Å². The van der Waals surface area contributed by atoms with E-state index < -0.39 is 6.10 Å². The Morgan fingerprint density at radius 3 is 2.75 bits per heavy atom. The number of methoxy groups -OCH3 is 1. The predicted molar refractivity (Wildman–Crippen MR) is 80.0 cm³/mol. The molecule has 1 aliphatic carbocycles. The number of carbonyl (C=O) groups is 1. The van der Waals surface area contributed by atoms with E-state index in [1.54, 1.807) is 18.3 Å². The number of amides is 1. The number of ether oxygens (including phenoxy) is 1. The number of aliphatic hydroxyl groups excluding tert-OH is 1. The largest absolute Gasteiger partial charge is 0.388 e. The van der Waals surface area contributed by atoms with Gasteiger partial charge in [0.1, 0.15) is 6.61 Å². The van der Waals surface area contributed by atoms with E-state index in [9.17, 15) is 9.90 Å². The molecule has 1 fully saturated rings. The lowest BCUT2D eigenvalue weighted by Crippen LogP contribution is -2.39. The highest BCUT2D eigenvalue weighted by Crippen LogP contribution is 2.44. The molecule has 0 radical (unpaired) electrons. The molecule has 4 nitrogen and oxygen atoms in total. The summed E-state index contributed by atoms with van der Waals surface area (Å²) in [7, 11) is 1.53. The maximum absolute atomic E-state index is 11.6. The van der Waals surface area contributed by atoms with Crippen molar-refractivity contribution in [3.63, 3.8) is 0 Å². The van der Waals surface area contributed by atoms with Crippen molar-refractivity contribution < 1.29 is 14.6 Å². The minimum atomic E-state index is -0.421. The second-order valence-corrected chi connectivity index (χ2v) is 6.69. The van der Waals surface area contributed by atoms with Crippen molar-refractivity contribution in [2.75, 3.05) is 20.3 Å². The van der Waals surface area contributed by atoms with E-state index in [-0.39, 0.29) is 17.9 Å². The Morgan fingerprint density at radius 1 is 1.50 bits per heavy atom. The first-order valence-corrected chi connectivity index (χ1v) is 7.93. The fourth-order valence-corrected chi connectivity index (χ4v) is 4.06. The summed E-state index contributed by atoms with van der Waals surface area (Å²) >= 11 is 1.67. The number of rotatable bonds is 6. The van der Waals surface area contributed by atoms with Gasteiger partial charge in [0.05, 0.1) is 6.10 Å². The van der Waals surface area contributed by atoms with Gasteiger partial charge in [-0.25, -0.2) is 0 Å². The van der Waals surface area contributed by atoms with Crippen LogP contribution in [0.1, 0.15) is 48.5 Å². The van der Waals surface area contributed by atoms with Crippen LogP contribution < -0.4 is 5.32 Å². The van der Waals surface area contributed by atoms with E-state index in [0.717, 1.165) is 17.7 Å². The van der Waals surface area contributed by atoms with Gasteiger partial charge >= 0.3 is 0 Å². The fraction of sp³-hybridized carbons (Fsp3) is 0.667. The third kappa shape index (κ3) is 3.40. The van der Waals surface area contributed by atoms with Gasteiger partial charge in [0.2, 0.25) is 5.91 Å². The van der Waals surface area contributed by atoms with Gasteiger partial charge in [0, 0.05) is 28.8 Å². The number of hydrogen-bond donors (Lipinski definition) is 2. The molecule has 1 atom stereocenters. The number of nitrogens with one attached hydrogen (secondary N) is 1. The van der Waals surface area contributed by atoms with Gasteiger partial charge in [-0.05, 0) is 31.9 Å². The van der Waals surface area contributed by atoms with Crippen LogP contribution in [0, 0.1) is 0 Å². The van der Waals surface area contributed by atoms with Crippen molar-refractivity contribution in [1.82, 2.24) is 5.32 Å². The van der Waals surface area contributed by atoms with Crippen LogP contribution in [0.2, 0.25) is 0 Å². The molecule has 0 bridgehead atoms. The highest BCUT2D eigenvalue weighted by Gasteiger charge is 2.37. The Kier molecular flexibility index (Phi) is 5.18. The second-order valence-electron chi connectivity index (χ2n) is 5.58. The summed E-state index contributed by atoms with van der Waals surface area (Å²) in [5.41, 5.74) is 0.0429. The lowest BCUT2D eigenvalue weighted by atomic mass is 9.84. The van der Waals surface area contributed by atoms with E-state index in [0.29, 0.717) is 6.54 Å². The number of aliphatic hydroxyl groups is 1. The van der Waals surface area contributed by atoms with Crippen LogP contribution in [0.25, 0.3) is 0 Å². The molecule has 1 heterocycles. The van der Waals surface area contributed by atoms with Crippen LogP contribution in [0.4, 0.5) is 0 Å². The maximum atomic E-state index is 11.6. The minimum Gasteiger partial charge on any atom is -0.388 e. The smallest absolute Gasteiger partial charge is 0.246 e. The number of thiophene rings is 1. The molecular weight excluding hydrogens is 274 g/mol. The average molecular weight is 297 g/mol.